The number of aliphatic hydroxyl groups is 1. The lowest BCUT2D eigenvalue weighted by Crippen LogP contribution is -2.19. The number of hydrogen-bond acceptors (Lipinski definition) is 2. The van der Waals surface area contributed by atoms with Gasteiger partial charge in [-0.25, -0.2) is 0 Å². The normalized spacial score (nSPS) is 25.8. The van der Waals surface area contributed by atoms with Crippen molar-refractivity contribution >= 4 is 11.6 Å². The van der Waals surface area contributed by atoms with Gasteiger partial charge in [-0.05, 0) is 30.5 Å². The molecule has 3 heteroatoms. The predicted molar refractivity (Wildman–Crippen MR) is 60.2 cm³/mol. The van der Waals surface area contributed by atoms with E-state index >= 15 is 0 Å². The zero-order valence-electron chi connectivity index (χ0n) is 8.74. The molecule has 2 unspecified atom stereocenters. The highest BCUT2D eigenvalue weighted by Gasteiger charge is 2.26. The van der Waals surface area contributed by atoms with Crippen molar-refractivity contribution in [3.8, 4) is 0 Å². The van der Waals surface area contributed by atoms with Gasteiger partial charge < -0.3 is 9.84 Å². The number of aliphatic hydroxyl groups excluding tert-OH is 1. The molecule has 2 atom stereocenters. The summed E-state index contributed by atoms with van der Waals surface area (Å²) in [5, 5.41) is 10.4. The SMILES string of the molecule is Cc1cc(CC2COCC2O)ccc1Cl. The van der Waals surface area contributed by atoms with Crippen molar-refractivity contribution in [2.75, 3.05) is 13.2 Å². The summed E-state index contributed by atoms with van der Waals surface area (Å²) in [5.41, 5.74) is 2.30. The molecular formula is C12H15ClO2. The molecule has 2 rings (SSSR count). The Bertz CT molecular complexity index is 351. The van der Waals surface area contributed by atoms with Crippen molar-refractivity contribution in [2.24, 2.45) is 5.92 Å². The first-order chi connectivity index (χ1) is 7.16. The van der Waals surface area contributed by atoms with E-state index in [0.29, 0.717) is 13.2 Å². The first-order valence-corrected chi connectivity index (χ1v) is 5.55. The zero-order valence-corrected chi connectivity index (χ0v) is 9.50. The summed E-state index contributed by atoms with van der Waals surface area (Å²) >= 11 is 5.95. The van der Waals surface area contributed by atoms with Crippen molar-refractivity contribution in [3.05, 3.63) is 34.3 Å². The third-order valence-corrected chi connectivity index (χ3v) is 3.31. The Morgan fingerprint density at radius 2 is 2.27 bits per heavy atom. The summed E-state index contributed by atoms with van der Waals surface area (Å²) in [6.07, 6.45) is 0.542. The van der Waals surface area contributed by atoms with E-state index in [0.717, 1.165) is 17.0 Å². The molecule has 15 heavy (non-hydrogen) atoms. The van der Waals surface area contributed by atoms with Crippen LogP contribution in [0, 0.1) is 12.8 Å². The molecule has 1 saturated heterocycles. The molecule has 0 aromatic heterocycles. The van der Waals surface area contributed by atoms with Gasteiger partial charge in [-0.3, -0.25) is 0 Å². The fraction of sp³-hybridized carbons (Fsp3) is 0.500. The van der Waals surface area contributed by atoms with E-state index in [9.17, 15) is 5.11 Å². The van der Waals surface area contributed by atoms with Crippen molar-refractivity contribution in [1.82, 2.24) is 0 Å². The second kappa shape index (κ2) is 4.52. The van der Waals surface area contributed by atoms with Gasteiger partial charge in [-0.2, -0.15) is 0 Å². The van der Waals surface area contributed by atoms with Crippen LogP contribution in [0.1, 0.15) is 11.1 Å². The van der Waals surface area contributed by atoms with Crippen LogP contribution in [-0.2, 0) is 11.2 Å². The molecule has 1 aliphatic rings. The Kier molecular flexibility index (Phi) is 3.29. The minimum Gasteiger partial charge on any atom is -0.390 e. The van der Waals surface area contributed by atoms with Crippen LogP contribution in [0.4, 0.5) is 0 Å². The zero-order chi connectivity index (χ0) is 10.8. The van der Waals surface area contributed by atoms with Crippen LogP contribution in [0.2, 0.25) is 5.02 Å². The second-order valence-electron chi connectivity index (χ2n) is 4.15. The third-order valence-electron chi connectivity index (χ3n) is 2.88. The van der Waals surface area contributed by atoms with Crippen LogP contribution < -0.4 is 0 Å². The maximum absolute atomic E-state index is 9.62. The van der Waals surface area contributed by atoms with Crippen LogP contribution in [0.15, 0.2) is 18.2 Å². The number of ether oxygens (including phenoxy) is 1. The smallest absolute Gasteiger partial charge is 0.0826 e. The predicted octanol–water partition coefficient (Wildman–Crippen LogP) is 2.20. The van der Waals surface area contributed by atoms with Crippen LogP contribution in [0.3, 0.4) is 0 Å². The van der Waals surface area contributed by atoms with Crippen LogP contribution in [0.5, 0.6) is 0 Å². The summed E-state index contributed by atoms with van der Waals surface area (Å²) in [6, 6.07) is 6.00. The van der Waals surface area contributed by atoms with Gasteiger partial charge in [0, 0.05) is 10.9 Å². The van der Waals surface area contributed by atoms with Crippen LogP contribution >= 0.6 is 11.6 Å². The lowest BCUT2D eigenvalue weighted by Gasteiger charge is -2.12. The molecule has 1 aromatic rings. The highest BCUT2D eigenvalue weighted by molar-refractivity contribution is 6.31. The van der Waals surface area contributed by atoms with Crippen molar-refractivity contribution in [3.63, 3.8) is 0 Å². The molecule has 0 amide bonds. The van der Waals surface area contributed by atoms with E-state index in [1.165, 1.54) is 5.56 Å². The molecule has 1 fully saturated rings. The van der Waals surface area contributed by atoms with Gasteiger partial charge in [0.25, 0.3) is 0 Å². The molecule has 2 nitrogen and oxygen atoms in total. The Morgan fingerprint density at radius 1 is 1.47 bits per heavy atom. The fourth-order valence-corrected chi connectivity index (χ4v) is 2.04. The molecule has 0 radical (unpaired) electrons. The summed E-state index contributed by atoms with van der Waals surface area (Å²) in [4.78, 5) is 0. The van der Waals surface area contributed by atoms with Gasteiger partial charge in [0.15, 0.2) is 0 Å². The summed E-state index contributed by atoms with van der Waals surface area (Å²) in [5.74, 6) is 0.227. The number of hydrogen-bond donors (Lipinski definition) is 1. The standard InChI is InChI=1S/C12H15ClO2/c1-8-4-9(2-3-11(8)13)5-10-6-15-7-12(10)14/h2-4,10,12,14H,5-7H2,1H3. The average Bonchev–Trinajstić information content (AvgIpc) is 2.59. The van der Waals surface area contributed by atoms with Crippen molar-refractivity contribution < 1.29 is 9.84 Å². The third kappa shape index (κ3) is 2.51. The number of aryl methyl sites for hydroxylation is 1. The summed E-state index contributed by atoms with van der Waals surface area (Å²) in [7, 11) is 0. The topological polar surface area (TPSA) is 29.5 Å². The van der Waals surface area contributed by atoms with Crippen molar-refractivity contribution in [2.45, 2.75) is 19.4 Å². The lowest BCUT2D eigenvalue weighted by atomic mass is 9.96. The summed E-state index contributed by atoms with van der Waals surface area (Å²) < 4.78 is 5.22. The van der Waals surface area contributed by atoms with E-state index in [-0.39, 0.29) is 12.0 Å². The largest absolute Gasteiger partial charge is 0.390 e. The van der Waals surface area contributed by atoms with Gasteiger partial charge >= 0.3 is 0 Å². The molecule has 0 spiro atoms. The number of rotatable bonds is 2. The molecular weight excluding hydrogens is 212 g/mol. The minimum absolute atomic E-state index is 0.227. The monoisotopic (exact) mass is 226 g/mol. The highest BCUT2D eigenvalue weighted by atomic mass is 35.5. The maximum Gasteiger partial charge on any atom is 0.0826 e. The number of halogens is 1. The van der Waals surface area contributed by atoms with Gasteiger partial charge in [0.2, 0.25) is 0 Å². The summed E-state index contributed by atoms with van der Waals surface area (Å²) in [6.45, 7) is 3.12. The van der Waals surface area contributed by atoms with E-state index < -0.39 is 0 Å². The fourth-order valence-electron chi connectivity index (χ4n) is 1.92. The van der Waals surface area contributed by atoms with Crippen LogP contribution in [-0.4, -0.2) is 24.4 Å². The van der Waals surface area contributed by atoms with E-state index in [1.54, 1.807) is 0 Å². The molecule has 0 bridgehead atoms. The Hall–Kier alpha value is -0.570. The first kappa shape index (κ1) is 10.9. The van der Waals surface area contributed by atoms with Gasteiger partial charge in [-0.1, -0.05) is 23.7 Å². The Morgan fingerprint density at radius 3 is 2.87 bits per heavy atom. The molecule has 1 aliphatic heterocycles. The Balaban J connectivity index is 2.07. The molecule has 1 heterocycles. The van der Waals surface area contributed by atoms with Gasteiger partial charge in [0.1, 0.15) is 0 Å². The second-order valence-corrected chi connectivity index (χ2v) is 4.56. The van der Waals surface area contributed by atoms with E-state index in [2.05, 4.69) is 6.07 Å². The van der Waals surface area contributed by atoms with E-state index in [4.69, 9.17) is 16.3 Å². The Labute approximate surface area is 94.8 Å². The van der Waals surface area contributed by atoms with Gasteiger partial charge in [-0.15, -0.1) is 0 Å². The highest BCUT2D eigenvalue weighted by Crippen LogP contribution is 2.22. The average molecular weight is 227 g/mol. The quantitative estimate of drug-likeness (QED) is 0.838. The number of benzene rings is 1. The van der Waals surface area contributed by atoms with Gasteiger partial charge in [0.05, 0.1) is 19.3 Å². The lowest BCUT2D eigenvalue weighted by molar-refractivity contribution is 0.118. The molecule has 0 aliphatic carbocycles. The van der Waals surface area contributed by atoms with E-state index in [1.807, 2.05) is 19.1 Å². The minimum atomic E-state index is -0.319. The van der Waals surface area contributed by atoms with Crippen molar-refractivity contribution in [1.29, 1.82) is 0 Å². The molecule has 82 valence electrons. The van der Waals surface area contributed by atoms with Crippen LogP contribution in [0.25, 0.3) is 0 Å². The maximum atomic E-state index is 9.62. The molecule has 1 N–H and O–H groups in total. The first-order valence-electron chi connectivity index (χ1n) is 5.17. The molecule has 1 aromatic carbocycles. The molecule has 0 saturated carbocycles.